The molecule has 2 aromatic heterocycles. The quantitative estimate of drug-likeness (QED) is 0.467. The van der Waals surface area contributed by atoms with E-state index in [4.69, 9.17) is 4.74 Å². The average Bonchev–Trinajstić information content (AvgIpc) is 3.43. The maximum absolute atomic E-state index is 14.7. The monoisotopic (exact) mass is 537 g/mol. The van der Waals surface area contributed by atoms with Gasteiger partial charge in [-0.1, -0.05) is 0 Å². The highest BCUT2D eigenvalue weighted by atomic mass is 19.1. The van der Waals surface area contributed by atoms with Gasteiger partial charge in [0.15, 0.2) is 5.65 Å². The van der Waals surface area contributed by atoms with Gasteiger partial charge in [0.2, 0.25) is 0 Å². The molecule has 2 saturated heterocycles. The van der Waals surface area contributed by atoms with Gasteiger partial charge in [0.1, 0.15) is 11.7 Å². The number of halogens is 1. The Morgan fingerprint density at radius 1 is 1.26 bits per heavy atom. The second-order valence-electron chi connectivity index (χ2n) is 10.9. The SMILES string of the molecule is CC(C)(O)C(F)CN1Cc2cc(NC(=O)c3cnn4cccnc34)c(N3CCN(C4COC4)CC3)cc2C1=O. The van der Waals surface area contributed by atoms with Crippen LogP contribution in [0, 0.1) is 0 Å². The van der Waals surface area contributed by atoms with Gasteiger partial charge in [-0.2, -0.15) is 5.10 Å². The summed E-state index contributed by atoms with van der Waals surface area (Å²) in [5.74, 6) is -0.643. The van der Waals surface area contributed by atoms with Crippen molar-refractivity contribution in [1.82, 2.24) is 24.4 Å². The second kappa shape index (κ2) is 9.85. The summed E-state index contributed by atoms with van der Waals surface area (Å²) >= 11 is 0. The number of amides is 2. The lowest BCUT2D eigenvalue weighted by Gasteiger charge is -2.43. The van der Waals surface area contributed by atoms with Gasteiger partial charge in [-0.15, -0.1) is 0 Å². The fourth-order valence-electron chi connectivity index (χ4n) is 5.28. The van der Waals surface area contributed by atoms with Crippen molar-refractivity contribution in [2.24, 2.45) is 0 Å². The van der Waals surface area contributed by atoms with Gasteiger partial charge in [-0.25, -0.2) is 13.9 Å². The third-order valence-electron chi connectivity index (χ3n) is 7.81. The number of carbonyl (C=O) groups excluding carboxylic acids is 2. The zero-order valence-corrected chi connectivity index (χ0v) is 22.0. The summed E-state index contributed by atoms with van der Waals surface area (Å²) in [6, 6.07) is 5.79. The van der Waals surface area contributed by atoms with Gasteiger partial charge in [-0.3, -0.25) is 14.5 Å². The molecule has 2 fully saturated rings. The maximum atomic E-state index is 14.7. The summed E-state index contributed by atoms with van der Waals surface area (Å²) in [5.41, 5.74) is 1.71. The van der Waals surface area contributed by atoms with E-state index in [0.717, 1.165) is 45.1 Å². The van der Waals surface area contributed by atoms with Gasteiger partial charge in [-0.05, 0) is 37.6 Å². The van der Waals surface area contributed by atoms with Crippen molar-refractivity contribution in [2.45, 2.75) is 38.2 Å². The fourth-order valence-corrected chi connectivity index (χ4v) is 5.28. The Morgan fingerprint density at radius 3 is 2.72 bits per heavy atom. The van der Waals surface area contributed by atoms with Crippen molar-refractivity contribution in [3.05, 3.63) is 53.5 Å². The number of hydrogen-bond acceptors (Lipinski definition) is 8. The smallest absolute Gasteiger partial charge is 0.261 e. The lowest BCUT2D eigenvalue weighted by atomic mass is 10.0. The van der Waals surface area contributed by atoms with Crippen LogP contribution in [0.4, 0.5) is 15.8 Å². The van der Waals surface area contributed by atoms with E-state index in [1.807, 2.05) is 6.07 Å². The number of piperazine rings is 1. The zero-order valence-electron chi connectivity index (χ0n) is 22.0. The first-order chi connectivity index (χ1) is 18.7. The number of aromatic nitrogens is 3. The molecule has 3 aliphatic heterocycles. The van der Waals surface area contributed by atoms with Crippen molar-refractivity contribution >= 4 is 28.8 Å². The molecular formula is C27H32FN7O4. The van der Waals surface area contributed by atoms with Gasteiger partial charge in [0.05, 0.1) is 49.0 Å². The summed E-state index contributed by atoms with van der Waals surface area (Å²) in [4.78, 5) is 36.9. The zero-order chi connectivity index (χ0) is 27.3. The Balaban J connectivity index is 1.30. The van der Waals surface area contributed by atoms with E-state index < -0.39 is 11.8 Å². The first-order valence-corrected chi connectivity index (χ1v) is 13.2. The topological polar surface area (TPSA) is 116 Å². The van der Waals surface area contributed by atoms with Crippen LogP contribution in [-0.4, -0.2) is 105 Å². The summed E-state index contributed by atoms with van der Waals surface area (Å²) in [6.07, 6.45) is 3.21. The van der Waals surface area contributed by atoms with E-state index in [9.17, 15) is 19.1 Å². The highest BCUT2D eigenvalue weighted by molar-refractivity contribution is 6.10. The number of alkyl halides is 1. The molecule has 5 heterocycles. The maximum Gasteiger partial charge on any atom is 0.261 e. The Morgan fingerprint density at radius 2 is 2.03 bits per heavy atom. The number of anilines is 2. The number of carbonyl (C=O) groups is 2. The predicted octanol–water partition coefficient (Wildman–Crippen LogP) is 1.57. The van der Waals surface area contributed by atoms with Gasteiger partial charge in [0, 0.05) is 50.7 Å². The van der Waals surface area contributed by atoms with E-state index in [1.54, 1.807) is 24.5 Å². The summed E-state index contributed by atoms with van der Waals surface area (Å²) < 4.78 is 21.5. The standard InChI is InChI=1S/C27H32FN7O4/c1-27(2,38)23(28)14-34-13-17-10-21(31-25(36)20-12-30-35-5-3-4-29-24(20)35)22(11-19(17)26(34)37)33-8-6-32(7-9-33)18-15-39-16-18/h3-5,10-12,18,23,38H,6-9,13-16H2,1-2H3,(H,31,36). The molecule has 2 amide bonds. The molecule has 0 bridgehead atoms. The number of fused-ring (bicyclic) bond motifs is 2. The molecule has 0 radical (unpaired) electrons. The summed E-state index contributed by atoms with van der Waals surface area (Å²) in [7, 11) is 0. The van der Waals surface area contributed by atoms with E-state index >= 15 is 0 Å². The molecule has 1 unspecified atom stereocenters. The summed E-state index contributed by atoms with van der Waals surface area (Å²) in [6.45, 7) is 7.38. The molecule has 0 spiro atoms. The van der Waals surface area contributed by atoms with Crippen molar-refractivity contribution in [1.29, 1.82) is 0 Å². The van der Waals surface area contributed by atoms with Crippen molar-refractivity contribution in [3.8, 4) is 0 Å². The minimum Gasteiger partial charge on any atom is -0.387 e. The van der Waals surface area contributed by atoms with Gasteiger partial charge in [0.25, 0.3) is 11.8 Å². The molecule has 39 heavy (non-hydrogen) atoms. The Hall–Kier alpha value is -3.61. The Labute approximate surface area is 225 Å². The number of hydrogen-bond donors (Lipinski definition) is 2. The Bertz CT molecular complexity index is 1410. The van der Waals surface area contributed by atoms with Crippen molar-refractivity contribution in [2.75, 3.05) is 56.2 Å². The fraction of sp³-hybridized carbons (Fsp3) is 0.481. The molecule has 206 valence electrons. The van der Waals surface area contributed by atoms with Crippen LogP contribution in [0.25, 0.3) is 5.65 Å². The first-order valence-electron chi connectivity index (χ1n) is 13.2. The average molecular weight is 538 g/mol. The highest BCUT2D eigenvalue weighted by Gasteiger charge is 2.36. The molecule has 1 atom stereocenters. The molecule has 3 aliphatic rings. The molecule has 12 heteroatoms. The van der Waals surface area contributed by atoms with Crippen molar-refractivity contribution < 1.29 is 23.8 Å². The molecule has 0 aliphatic carbocycles. The lowest BCUT2D eigenvalue weighted by molar-refractivity contribution is -0.0660. The van der Waals surface area contributed by atoms with E-state index in [2.05, 4.69) is 25.2 Å². The normalized spacial score (nSPS) is 19.3. The Kier molecular flexibility index (Phi) is 6.48. The number of ether oxygens (including phenoxy) is 1. The van der Waals surface area contributed by atoms with Crippen LogP contribution in [0.15, 0.2) is 36.8 Å². The lowest BCUT2D eigenvalue weighted by Crippen LogP contribution is -2.56. The minimum absolute atomic E-state index is 0.196. The first kappa shape index (κ1) is 25.7. The number of rotatable bonds is 7. The van der Waals surface area contributed by atoms with E-state index in [1.165, 1.54) is 29.5 Å². The molecule has 2 N–H and O–H groups in total. The third kappa shape index (κ3) is 4.83. The van der Waals surface area contributed by atoms with Gasteiger partial charge >= 0.3 is 0 Å². The predicted molar refractivity (Wildman–Crippen MR) is 142 cm³/mol. The molecular weight excluding hydrogens is 505 g/mol. The molecule has 11 nitrogen and oxygen atoms in total. The summed E-state index contributed by atoms with van der Waals surface area (Å²) in [5, 5.41) is 17.3. The van der Waals surface area contributed by atoms with Crippen LogP contribution < -0.4 is 10.2 Å². The number of aliphatic hydroxyl groups is 1. The second-order valence-corrected chi connectivity index (χ2v) is 10.9. The van der Waals surface area contributed by atoms with Crippen LogP contribution in [-0.2, 0) is 11.3 Å². The van der Waals surface area contributed by atoms with Crippen LogP contribution in [0.1, 0.15) is 40.1 Å². The van der Waals surface area contributed by atoms with E-state index in [0.29, 0.717) is 34.1 Å². The number of nitrogens with one attached hydrogen (secondary N) is 1. The number of benzene rings is 1. The van der Waals surface area contributed by atoms with Gasteiger partial charge < -0.3 is 25.0 Å². The van der Waals surface area contributed by atoms with Crippen LogP contribution in [0.5, 0.6) is 0 Å². The van der Waals surface area contributed by atoms with Crippen molar-refractivity contribution in [3.63, 3.8) is 0 Å². The van der Waals surface area contributed by atoms with Crippen LogP contribution >= 0.6 is 0 Å². The minimum atomic E-state index is -1.60. The molecule has 0 saturated carbocycles. The number of nitrogens with zero attached hydrogens (tertiary/aromatic N) is 6. The molecule has 1 aromatic carbocycles. The molecule has 6 rings (SSSR count). The molecule has 3 aromatic rings. The highest BCUT2D eigenvalue weighted by Crippen LogP contribution is 2.36. The van der Waals surface area contributed by atoms with Crippen LogP contribution in [0.2, 0.25) is 0 Å². The largest absolute Gasteiger partial charge is 0.387 e. The third-order valence-corrected chi connectivity index (χ3v) is 7.81. The van der Waals surface area contributed by atoms with E-state index in [-0.39, 0.29) is 24.9 Å². The van der Waals surface area contributed by atoms with Crippen LogP contribution in [0.3, 0.4) is 0 Å².